The van der Waals surface area contributed by atoms with Crippen LogP contribution in [0.4, 0.5) is 0 Å². The molecule has 0 radical (unpaired) electrons. The highest BCUT2D eigenvalue weighted by Gasteiger charge is 2.21. The van der Waals surface area contributed by atoms with Crippen molar-refractivity contribution in [2.45, 2.75) is 6.92 Å². The van der Waals surface area contributed by atoms with E-state index in [-0.39, 0.29) is 0 Å². The van der Waals surface area contributed by atoms with E-state index >= 15 is 0 Å². The Kier molecular flexibility index (Phi) is 8.99. The molecule has 12 aromatic carbocycles. The third-order valence-corrected chi connectivity index (χ3v) is 14.8. The van der Waals surface area contributed by atoms with E-state index in [0.29, 0.717) is 0 Å². The summed E-state index contributed by atoms with van der Waals surface area (Å²) in [5.41, 5.74) is 16.2. The molecular formula is C68H44N2. The van der Waals surface area contributed by atoms with Crippen LogP contribution in [0.5, 0.6) is 0 Å². The van der Waals surface area contributed by atoms with Crippen molar-refractivity contribution in [1.82, 2.24) is 9.38 Å². The fourth-order valence-corrected chi connectivity index (χ4v) is 11.6. The Morgan fingerprint density at radius 1 is 0.371 bits per heavy atom. The molecule has 0 aliphatic carbocycles. The van der Waals surface area contributed by atoms with Crippen LogP contribution in [0.1, 0.15) is 18.1 Å². The Bertz CT molecular complexity index is 4550. The number of pyridine rings is 1. The summed E-state index contributed by atoms with van der Waals surface area (Å²) in [5.74, 6) is 0. The molecule has 2 heterocycles. The van der Waals surface area contributed by atoms with Gasteiger partial charge in [0.15, 0.2) is 0 Å². The van der Waals surface area contributed by atoms with Crippen molar-refractivity contribution in [3.05, 3.63) is 242 Å². The normalized spacial score (nSPS) is 12.1. The van der Waals surface area contributed by atoms with Crippen LogP contribution in [0, 0.1) is 0 Å². The van der Waals surface area contributed by atoms with Crippen LogP contribution < -0.4 is 0 Å². The SMILES string of the molecule is C=Cc1ccc(-c2c3ccccc3c(-c3ccc4ccccc4c3)c3cc(-c4ccc(-c5ccc6c(c5)c5ccccc5c5nc7c8ccccc8c8ccccc8c7n65)cc4)ccc23)cc1/C=C\C. The van der Waals surface area contributed by atoms with E-state index in [0.717, 1.165) is 38.7 Å². The van der Waals surface area contributed by atoms with Gasteiger partial charge in [0.1, 0.15) is 5.65 Å². The molecule has 2 heteroatoms. The van der Waals surface area contributed by atoms with Gasteiger partial charge in [-0.25, -0.2) is 4.98 Å². The zero-order chi connectivity index (χ0) is 46.5. The van der Waals surface area contributed by atoms with Gasteiger partial charge in [0.2, 0.25) is 0 Å². The first-order valence-electron chi connectivity index (χ1n) is 24.2. The van der Waals surface area contributed by atoms with E-state index in [9.17, 15) is 0 Å². The predicted molar refractivity (Wildman–Crippen MR) is 302 cm³/mol. The molecule has 0 saturated carbocycles. The minimum atomic E-state index is 0.986. The van der Waals surface area contributed by atoms with E-state index < -0.39 is 0 Å². The number of nitrogens with zero attached hydrogens (tertiary/aromatic N) is 2. The average Bonchev–Trinajstić information content (AvgIpc) is 3.84. The minimum Gasteiger partial charge on any atom is -0.291 e. The molecule has 2 aromatic heterocycles. The van der Waals surface area contributed by atoms with Gasteiger partial charge in [-0.2, -0.15) is 0 Å². The molecule has 0 N–H and O–H groups in total. The molecule has 2 nitrogen and oxygen atoms in total. The zero-order valence-corrected chi connectivity index (χ0v) is 38.6. The van der Waals surface area contributed by atoms with Crippen molar-refractivity contribution in [2.24, 2.45) is 0 Å². The maximum Gasteiger partial charge on any atom is 0.146 e. The third kappa shape index (κ3) is 6.03. The highest BCUT2D eigenvalue weighted by molar-refractivity contribution is 6.27. The standard InChI is InChI=1S/C68H44N2/c1-3-15-46-38-50(32-26-42(46)4-2)64-55-21-10-11-22-56(55)65(51-33-31-43-16-5-6-17-47(43)39-51)62-41-48(34-36-57(62)64)44-27-29-45(30-28-44)49-35-37-63-61(40-49)54-20-9-14-25-60(54)68-69-66-58-23-12-7-18-52(58)53-19-8-13-24-59(53)67(66)70(63)68/h3-41H,2H2,1H3/b15-3-. The van der Waals surface area contributed by atoms with Gasteiger partial charge in [-0.15, -0.1) is 0 Å². The summed E-state index contributed by atoms with van der Waals surface area (Å²) < 4.78 is 2.41. The molecule has 14 aromatic rings. The molecular weight excluding hydrogens is 845 g/mol. The first-order valence-corrected chi connectivity index (χ1v) is 24.2. The molecule has 0 aliphatic heterocycles. The second kappa shape index (κ2) is 15.7. The van der Waals surface area contributed by atoms with Crippen molar-refractivity contribution in [1.29, 1.82) is 0 Å². The largest absolute Gasteiger partial charge is 0.291 e. The van der Waals surface area contributed by atoms with E-state index in [2.05, 4.69) is 248 Å². The summed E-state index contributed by atoms with van der Waals surface area (Å²) in [4.78, 5) is 5.45. The van der Waals surface area contributed by atoms with Crippen molar-refractivity contribution < 1.29 is 0 Å². The fourth-order valence-electron chi connectivity index (χ4n) is 11.6. The number of imidazole rings is 1. The summed E-state index contributed by atoms with van der Waals surface area (Å²) in [6.45, 7) is 6.20. The quantitative estimate of drug-likeness (QED) is 0.120. The highest BCUT2D eigenvalue weighted by atomic mass is 15.0. The predicted octanol–water partition coefficient (Wildman–Crippen LogP) is 18.9. The Morgan fingerprint density at radius 3 is 1.57 bits per heavy atom. The molecule has 0 saturated heterocycles. The van der Waals surface area contributed by atoms with Gasteiger partial charge >= 0.3 is 0 Å². The summed E-state index contributed by atoms with van der Waals surface area (Å²) >= 11 is 0. The van der Waals surface area contributed by atoms with Crippen molar-refractivity contribution in [2.75, 3.05) is 0 Å². The molecule has 326 valence electrons. The summed E-state index contributed by atoms with van der Waals surface area (Å²) in [6.07, 6.45) is 6.23. The highest BCUT2D eigenvalue weighted by Crippen LogP contribution is 2.46. The fraction of sp³-hybridized carbons (Fsp3) is 0.0147. The van der Waals surface area contributed by atoms with Gasteiger partial charge in [0.05, 0.1) is 16.6 Å². The van der Waals surface area contributed by atoms with Crippen molar-refractivity contribution in [3.8, 4) is 44.5 Å². The Labute approximate surface area is 405 Å². The van der Waals surface area contributed by atoms with Gasteiger partial charge in [-0.1, -0.05) is 213 Å². The lowest BCUT2D eigenvalue weighted by Gasteiger charge is -2.19. The average molecular weight is 889 g/mol. The van der Waals surface area contributed by atoms with E-state index in [1.54, 1.807) is 0 Å². The first kappa shape index (κ1) is 40.0. The monoisotopic (exact) mass is 888 g/mol. The Hall–Kier alpha value is -9.11. The van der Waals surface area contributed by atoms with Gasteiger partial charge in [-0.05, 0) is 141 Å². The number of benzene rings is 12. The number of hydrogen-bond acceptors (Lipinski definition) is 1. The lowest BCUT2D eigenvalue weighted by molar-refractivity contribution is 1.32. The molecule has 14 rings (SSSR count). The molecule has 0 spiro atoms. The molecule has 0 atom stereocenters. The van der Waals surface area contributed by atoms with Crippen LogP contribution in [0.3, 0.4) is 0 Å². The first-order chi connectivity index (χ1) is 34.6. The lowest BCUT2D eigenvalue weighted by Crippen LogP contribution is -1.93. The number of fused-ring (bicyclic) bond motifs is 16. The number of hydrogen-bond donors (Lipinski definition) is 0. The number of allylic oxidation sites excluding steroid dienone is 1. The van der Waals surface area contributed by atoms with E-state index in [1.165, 1.54) is 109 Å². The number of aromatic nitrogens is 2. The van der Waals surface area contributed by atoms with Gasteiger partial charge < -0.3 is 0 Å². The second-order valence-electron chi connectivity index (χ2n) is 18.6. The summed E-state index contributed by atoms with van der Waals surface area (Å²) in [6, 6.07) is 80.7. The maximum atomic E-state index is 5.45. The molecule has 0 unspecified atom stereocenters. The summed E-state index contributed by atoms with van der Waals surface area (Å²) in [7, 11) is 0. The number of rotatable bonds is 6. The van der Waals surface area contributed by atoms with Crippen LogP contribution in [0.15, 0.2) is 231 Å². The molecule has 0 aliphatic rings. The Balaban J connectivity index is 0.945. The van der Waals surface area contributed by atoms with Crippen LogP contribution >= 0.6 is 0 Å². The topological polar surface area (TPSA) is 17.3 Å². The molecule has 0 fully saturated rings. The van der Waals surface area contributed by atoms with Crippen LogP contribution in [-0.2, 0) is 0 Å². The van der Waals surface area contributed by atoms with Crippen LogP contribution in [-0.4, -0.2) is 9.38 Å². The van der Waals surface area contributed by atoms with Gasteiger partial charge in [0.25, 0.3) is 0 Å². The molecule has 0 amide bonds. The van der Waals surface area contributed by atoms with E-state index in [4.69, 9.17) is 4.98 Å². The lowest BCUT2D eigenvalue weighted by atomic mass is 9.84. The molecule has 0 bridgehead atoms. The maximum absolute atomic E-state index is 5.45. The summed E-state index contributed by atoms with van der Waals surface area (Å²) in [5, 5.41) is 15.8. The van der Waals surface area contributed by atoms with Gasteiger partial charge in [0, 0.05) is 21.5 Å². The third-order valence-electron chi connectivity index (χ3n) is 14.8. The Morgan fingerprint density at radius 2 is 0.871 bits per heavy atom. The van der Waals surface area contributed by atoms with Crippen molar-refractivity contribution in [3.63, 3.8) is 0 Å². The molecule has 70 heavy (non-hydrogen) atoms. The van der Waals surface area contributed by atoms with Crippen LogP contribution in [0.25, 0.3) is 149 Å². The van der Waals surface area contributed by atoms with Crippen LogP contribution in [0.2, 0.25) is 0 Å². The zero-order valence-electron chi connectivity index (χ0n) is 38.6. The van der Waals surface area contributed by atoms with Gasteiger partial charge in [-0.3, -0.25) is 4.40 Å². The minimum absolute atomic E-state index is 0.986. The smallest absolute Gasteiger partial charge is 0.146 e. The second-order valence-corrected chi connectivity index (χ2v) is 18.6. The van der Waals surface area contributed by atoms with Crippen molar-refractivity contribution >= 4 is 104 Å². The van der Waals surface area contributed by atoms with E-state index in [1.807, 2.05) is 6.08 Å².